The summed E-state index contributed by atoms with van der Waals surface area (Å²) in [5.74, 6) is 0.598. The molecule has 0 saturated carbocycles. The fourth-order valence-corrected chi connectivity index (χ4v) is 3.38. The van der Waals surface area contributed by atoms with Gasteiger partial charge in [0.15, 0.2) is 0 Å². The van der Waals surface area contributed by atoms with Crippen molar-refractivity contribution in [3.05, 3.63) is 51.7 Å². The third kappa shape index (κ3) is 2.62. The van der Waals surface area contributed by atoms with Gasteiger partial charge in [0.25, 0.3) is 0 Å². The van der Waals surface area contributed by atoms with E-state index in [-0.39, 0.29) is 0 Å². The Morgan fingerprint density at radius 1 is 1.45 bits per heavy atom. The highest BCUT2D eigenvalue weighted by Gasteiger charge is 2.21. The minimum absolute atomic E-state index is 0.502. The first kappa shape index (κ1) is 13.3. The molecule has 0 aliphatic heterocycles. The van der Waals surface area contributed by atoms with Crippen LogP contribution < -0.4 is 11.1 Å². The lowest BCUT2D eigenvalue weighted by atomic mass is 10.1. The van der Waals surface area contributed by atoms with E-state index in [9.17, 15) is 0 Å². The smallest absolute Gasteiger partial charge is 0.141 e. The largest absolute Gasteiger partial charge is 0.383 e. The van der Waals surface area contributed by atoms with Crippen molar-refractivity contribution in [2.24, 2.45) is 10.7 Å². The van der Waals surface area contributed by atoms with E-state index in [0.29, 0.717) is 11.9 Å². The molecule has 104 valence electrons. The second kappa shape index (κ2) is 5.77. The number of nitrogens with one attached hydrogen (secondary N) is 1. The predicted molar refractivity (Wildman–Crippen MR) is 85.9 cm³/mol. The quantitative estimate of drug-likeness (QED) is 0.668. The Balaban J connectivity index is 1.85. The van der Waals surface area contributed by atoms with Gasteiger partial charge in [0.05, 0.1) is 10.6 Å². The summed E-state index contributed by atoms with van der Waals surface area (Å²) in [7, 11) is 0. The fourth-order valence-electron chi connectivity index (χ4n) is 2.75. The molecule has 0 saturated heterocycles. The molecule has 20 heavy (non-hydrogen) atoms. The summed E-state index contributed by atoms with van der Waals surface area (Å²) < 4.78 is 0. The maximum Gasteiger partial charge on any atom is 0.141 e. The number of thiophene rings is 1. The molecular formula is C16H19N3S. The summed E-state index contributed by atoms with van der Waals surface area (Å²) in [6.07, 6.45) is 2.30. The average molecular weight is 285 g/mol. The lowest BCUT2D eigenvalue weighted by Gasteiger charge is -2.12. The van der Waals surface area contributed by atoms with Gasteiger partial charge in [0.2, 0.25) is 0 Å². The molecule has 3 rings (SSSR count). The molecule has 0 fully saturated rings. The highest BCUT2D eigenvalue weighted by molar-refractivity contribution is 7.12. The van der Waals surface area contributed by atoms with Crippen molar-refractivity contribution in [3.8, 4) is 0 Å². The Labute approximate surface area is 123 Å². The number of amidine groups is 1. The highest BCUT2D eigenvalue weighted by atomic mass is 32.1. The van der Waals surface area contributed by atoms with Crippen LogP contribution in [0.1, 0.15) is 35.4 Å². The molecule has 3 nitrogen and oxygen atoms in total. The SMILES string of the molecule is CCNC1CCc2cc(N=C(N)c3cccs3)ccc21. The molecule has 0 bridgehead atoms. The van der Waals surface area contributed by atoms with E-state index in [2.05, 4.69) is 35.4 Å². The summed E-state index contributed by atoms with van der Waals surface area (Å²) >= 11 is 1.62. The van der Waals surface area contributed by atoms with Gasteiger partial charge in [-0.15, -0.1) is 11.3 Å². The highest BCUT2D eigenvalue weighted by Crippen LogP contribution is 2.33. The first-order chi connectivity index (χ1) is 9.78. The first-order valence-corrected chi connectivity index (χ1v) is 7.90. The molecule has 1 aromatic heterocycles. The zero-order valence-corrected chi connectivity index (χ0v) is 12.4. The Kier molecular flexibility index (Phi) is 3.85. The van der Waals surface area contributed by atoms with E-state index in [1.54, 1.807) is 11.3 Å². The minimum Gasteiger partial charge on any atom is -0.383 e. The van der Waals surface area contributed by atoms with Crippen molar-refractivity contribution < 1.29 is 0 Å². The summed E-state index contributed by atoms with van der Waals surface area (Å²) in [6.45, 7) is 3.16. The molecule has 1 heterocycles. The number of benzene rings is 1. The Bertz CT molecular complexity index is 617. The average Bonchev–Trinajstić information content (AvgIpc) is 3.09. The second-order valence-electron chi connectivity index (χ2n) is 5.01. The van der Waals surface area contributed by atoms with Gasteiger partial charge in [-0.2, -0.15) is 0 Å². The van der Waals surface area contributed by atoms with Gasteiger partial charge in [-0.25, -0.2) is 4.99 Å². The van der Waals surface area contributed by atoms with Gasteiger partial charge in [0.1, 0.15) is 5.84 Å². The maximum atomic E-state index is 6.04. The number of aliphatic imine (C=N–C) groups is 1. The Morgan fingerprint density at radius 2 is 2.35 bits per heavy atom. The van der Waals surface area contributed by atoms with E-state index in [1.165, 1.54) is 17.5 Å². The van der Waals surface area contributed by atoms with Crippen molar-refractivity contribution in [1.82, 2.24) is 5.32 Å². The maximum absolute atomic E-state index is 6.04. The first-order valence-electron chi connectivity index (χ1n) is 7.02. The predicted octanol–water partition coefficient (Wildman–Crippen LogP) is 3.38. The molecule has 3 N–H and O–H groups in total. The van der Waals surface area contributed by atoms with E-state index >= 15 is 0 Å². The van der Waals surface area contributed by atoms with E-state index in [0.717, 1.165) is 23.5 Å². The van der Waals surface area contributed by atoms with Crippen LogP contribution in [0.15, 0.2) is 40.7 Å². The molecule has 0 radical (unpaired) electrons. The van der Waals surface area contributed by atoms with E-state index < -0.39 is 0 Å². The van der Waals surface area contributed by atoms with Crippen LogP contribution in [0.25, 0.3) is 0 Å². The van der Waals surface area contributed by atoms with Crippen molar-refractivity contribution in [2.75, 3.05) is 6.54 Å². The van der Waals surface area contributed by atoms with Crippen molar-refractivity contribution in [1.29, 1.82) is 0 Å². The minimum atomic E-state index is 0.502. The van der Waals surface area contributed by atoms with Crippen LogP contribution in [0.4, 0.5) is 5.69 Å². The zero-order chi connectivity index (χ0) is 13.9. The number of hydrogen-bond acceptors (Lipinski definition) is 3. The number of fused-ring (bicyclic) bond motifs is 1. The number of aryl methyl sites for hydroxylation is 1. The number of nitrogens with two attached hydrogens (primary N) is 1. The van der Waals surface area contributed by atoms with E-state index in [1.807, 2.05) is 17.5 Å². The molecular weight excluding hydrogens is 266 g/mol. The third-order valence-electron chi connectivity index (χ3n) is 3.68. The molecule has 0 amide bonds. The molecule has 1 aromatic carbocycles. The van der Waals surface area contributed by atoms with Gasteiger partial charge in [-0.05, 0) is 54.1 Å². The van der Waals surface area contributed by atoms with Crippen LogP contribution in [0.3, 0.4) is 0 Å². The van der Waals surface area contributed by atoms with Gasteiger partial charge >= 0.3 is 0 Å². The topological polar surface area (TPSA) is 50.4 Å². The van der Waals surface area contributed by atoms with E-state index in [4.69, 9.17) is 5.73 Å². The van der Waals surface area contributed by atoms with Crippen LogP contribution in [0.2, 0.25) is 0 Å². The summed E-state index contributed by atoms with van der Waals surface area (Å²) in [6, 6.07) is 10.9. The normalized spacial score (nSPS) is 18.2. The molecule has 2 aromatic rings. The number of rotatable bonds is 4. The van der Waals surface area contributed by atoms with Crippen LogP contribution in [0.5, 0.6) is 0 Å². The van der Waals surface area contributed by atoms with Gasteiger partial charge in [-0.3, -0.25) is 0 Å². The fraction of sp³-hybridized carbons (Fsp3) is 0.312. The second-order valence-corrected chi connectivity index (χ2v) is 5.95. The van der Waals surface area contributed by atoms with Crippen LogP contribution in [-0.2, 0) is 6.42 Å². The molecule has 4 heteroatoms. The Hall–Kier alpha value is -1.65. The lowest BCUT2D eigenvalue weighted by molar-refractivity contribution is 0.549. The zero-order valence-electron chi connectivity index (χ0n) is 11.6. The monoisotopic (exact) mass is 285 g/mol. The molecule has 0 spiro atoms. The van der Waals surface area contributed by atoms with Gasteiger partial charge in [0, 0.05) is 6.04 Å². The third-order valence-corrected chi connectivity index (χ3v) is 4.57. The summed E-state index contributed by atoms with van der Waals surface area (Å²) in [4.78, 5) is 5.56. The summed E-state index contributed by atoms with van der Waals surface area (Å²) in [5.41, 5.74) is 9.81. The van der Waals surface area contributed by atoms with Crippen molar-refractivity contribution in [2.45, 2.75) is 25.8 Å². The van der Waals surface area contributed by atoms with Crippen molar-refractivity contribution in [3.63, 3.8) is 0 Å². The van der Waals surface area contributed by atoms with Crippen LogP contribution >= 0.6 is 11.3 Å². The summed E-state index contributed by atoms with van der Waals surface area (Å²) in [5, 5.41) is 5.54. The molecule has 1 unspecified atom stereocenters. The Morgan fingerprint density at radius 3 is 3.10 bits per heavy atom. The molecule has 1 atom stereocenters. The number of hydrogen-bond donors (Lipinski definition) is 2. The molecule has 1 aliphatic rings. The van der Waals surface area contributed by atoms with Gasteiger partial charge in [-0.1, -0.05) is 19.1 Å². The van der Waals surface area contributed by atoms with Crippen molar-refractivity contribution >= 4 is 22.9 Å². The van der Waals surface area contributed by atoms with Crippen LogP contribution in [0, 0.1) is 0 Å². The van der Waals surface area contributed by atoms with Gasteiger partial charge < -0.3 is 11.1 Å². The standard InChI is InChI=1S/C16H19N3S/c1-2-18-14-8-5-11-10-12(6-7-13(11)14)19-16(17)15-4-3-9-20-15/h3-4,6-7,9-10,14,18H,2,5,8H2,1H3,(H2,17,19). The lowest BCUT2D eigenvalue weighted by Crippen LogP contribution is -2.18. The number of nitrogens with zero attached hydrogens (tertiary/aromatic N) is 1. The molecule has 1 aliphatic carbocycles. The van der Waals surface area contributed by atoms with Crippen LogP contribution in [-0.4, -0.2) is 12.4 Å².